The van der Waals surface area contributed by atoms with Crippen molar-refractivity contribution in [2.75, 3.05) is 13.1 Å². The molecule has 0 spiro atoms. The van der Waals surface area contributed by atoms with Gasteiger partial charge in [0.05, 0.1) is 17.8 Å². The van der Waals surface area contributed by atoms with Crippen molar-refractivity contribution in [3.8, 4) is 0 Å². The number of rotatable bonds is 1. The maximum absolute atomic E-state index is 13.7. The van der Waals surface area contributed by atoms with E-state index in [1.807, 2.05) is 20.8 Å². The number of carbonyl (C=O) groups excluding carboxylic acids is 1. The van der Waals surface area contributed by atoms with Crippen molar-refractivity contribution in [3.63, 3.8) is 0 Å². The molecule has 0 saturated carbocycles. The van der Waals surface area contributed by atoms with Crippen LogP contribution in [0.1, 0.15) is 29.8 Å². The van der Waals surface area contributed by atoms with Crippen LogP contribution in [0.2, 0.25) is 0 Å². The molecular weight excluding hydrogens is 233 g/mol. The van der Waals surface area contributed by atoms with Gasteiger partial charge in [-0.1, -0.05) is 11.6 Å². The van der Waals surface area contributed by atoms with Gasteiger partial charge >= 0.3 is 0 Å². The summed E-state index contributed by atoms with van der Waals surface area (Å²) in [4.78, 5) is 14.0. The number of morpholine rings is 1. The number of carbonyl (C=O) groups is 1. The Balaban J connectivity index is 2.22. The predicted octanol–water partition coefficient (Wildman–Crippen LogP) is 2.38. The van der Waals surface area contributed by atoms with E-state index in [4.69, 9.17) is 4.74 Å². The van der Waals surface area contributed by atoms with E-state index < -0.39 is 5.82 Å². The Bertz CT molecular complexity index is 451. The lowest BCUT2D eigenvalue weighted by Crippen LogP contribution is -2.48. The molecule has 0 radical (unpaired) electrons. The number of ether oxygens (including phenoxy) is 1. The summed E-state index contributed by atoms with van der Waals surface area (Å²) in [7, 11) is 0. The molecule has 0 aliphatic carbocycles. The zero-order valence-corrected chi connectivity index (χ0v) is 10.9. The van der Waals surface area contributed by atoms with Gasteiger partial charge in [0.25, 0.3) is 5.91 Å². The fourth-order valence-corrected chi connectivity index (χ4v) is 2.32. The molecule has 0 N–H and O–H groups in total. The van der Waals surface area contributed by atoms with E-state index in [-0.39, 0.29) is 23.7 Å². The van der Waals surface area contributed by atoms with Crippen molar-refractivity contribution in [1.29, 1.82) is 0 Å². The highest BCUT2D eigenvalue weighted by molar-refractivity contribution is 5.94. The monoisotopic (exact) mass is 251 g/mol. The quantitative estimate of drug-likeness (QED) is 0.767. The van der Waals surface area contributed by atoms with E-state index in [1.165, 1.54) is 6.07 Å². The molecule has 1 aromatic carbocycles. The molecule has 1 saturated heterocycles. The molecule has 1 heterocycles. The van der Waals surface area contributed by atoms with E-state index in [0.29, 0.717) is 13.1 Å². The van der Waals surface area contributed by atoms with Crippen molar-refractivity contribution in [1.82, 2.24) is 4.90 Å². The fourth-order valence-electron chi connectivity index (χ4n) is 2.32. The third-order valence-electron chi connectivity index (χ3n) is 3.06. The van der Waals surface area contributed by atoms with Crippen LogP contribution in [0, 0.1) is 12.7 Å². The first-order valence-electron chi connectivity index (χ1n) is 6.18. The summed E-state index contributed by atoms with van der Waals surface area (Å²) in [6.45, 7) is 6.71. The minimum absolute atomic E-state index is 0.00873. The molecule has 1 aliphatic rings. The van der Waals surface area contributed by atoms with E-state index in [0.717, 1.165) is 5.56 Å². The molecule has 1 aliphatic heterocycles. The van der Waals surface area contributed by atoms with Crippen LogP contribution in [0.15, 0.2) is 18.2 Å². The summed E-state index contributed by atoms with van der Waals surface area (Å²) in [5.41, 5.74) is 1.03. The second-order valence-electron chi connectivity index (χ2n) is 4.95. The molecule has 0 aromatic heterocycles. The topological polar surface area (TPSA) is 29.5 Å². The Hall–Kier alpha value is -1.42. The standard InChI is InChI=1S/C14H18FNO2/c1-9-4-5-13(15)12(6-9)14(17)16-7-10(2)18-11(3)8-16/h4-6,10-11H,7-8H2,1-3H3. The lowest BCUT2D eigenvalue weighted by Gasteiger charge is -2.35. The minimum atomic E-state index is -0.461. The van der Waals surface area contributed by atoms with Crippen molar-refractivity contribution < 1.29 is 13.9 Å². The van der Waals surface area contributed by atoms with Crippen LogP contribution >= 0.6 is 0 Å². The van der Waals surface area contributed by atoms with Gasteiger partial charge in [-0.25, -0.2) is 4.39 Å². The highest BCUT2D eigenvalue weighted by atomic mass is 19.1. The van der Waals surface area contributed by atoms with Crippen molar-refractivity contribution >= 4 is 5.91 Å². The van der Waals surface area contributed by atoms with E-state index >= 15 is 0 Å². The fraction of sp³-hybridized carbons (Fsp3) is 0.500. The Morgan fingerprint density at radius 1 is 1.33 bits per heavy atom. The SMILES string of the molecule is Cc1ccc(F)c(C(=O)N2CC(C)OC(C)C2)c1. The normalized spacial score (nSPS) is 24.1. The van der Waals surface area contributed by atoms with Crippen molar-refractivity contribution in [2.24, 2.45) is 0 Å². The third-order valence-corrected chi connectivity index (χ3v) is 3.06. The molecular formula is C14H18FNO2. The molecule has 2 rings (SSSR count). The van der Waals surface area contributed by atoms with E-state index in [1.54, 1.807) is 17.0 Å². The van der Waals surface area contributed by atoms with Gasteiger partial charge in [0.15, 0.2) is 0 Å². The van der Waals surface area contributed by atoms with Gasteiger partial charge in [0, 0.05) is 13.1 Å². The van der Waals surface area contributed by atoms with Gasteiger partial charge in [-0.3, -0.25) is 4.79 Å². The van der Waals surface area contributed by atoms with Gasteiger partial charge in [-0.05, 0) is 32.9 Å². The molecule has 1 fully saturated rings. The smallest absolute Gasteiger partial charge is 0.257 e. The van der Waals surface area contributed by atoms with Crippen LogP contribution in [-0.4, -0.2) is 36.1 Å². The van der Waals surface area contributed by atoms with Gasteiger partial charge < -0.3 is 9.64 Å². The van der Waals surface area contributed by atoms with Gasteiger partial charge in [-0.2, -0.15) is 0 Å². The number of hydrogen-bond donors (Lipinski definition) is 0. The maximum Gasteiger partial charge on any atom is 0.257 e. The molecule has 0 bridgehead atoms. The number of nitrogens with zero attached hydrogens (tertiary/aromatic N) is 1. The van der Waals surface area contributed by atoms with Crippen LogP contribution < -0.4 is 0 Å². The molecule has 2 atom stereocenters. The number of halogens is 1. The Labute approximate surface area is 107 Å². The lowest BCUT2D eigenvalue weighted by atomic mass is 10.1. The number of benzene rings is 1. The molecule has 4 heteroatoms. The Morgan fingerprint density at radius 2 is 1.94 bits per heavy atom. The number of amides is 1. The average Bonchev–Trinajstić information content (AvgIpc) is 2.30. The first-order valence-corrected chi connectivity index (χ1v) is 6.18. The maximum atomic E-state index is 13.7. The lowest BCUT2D eigenvalue weighted by molar-refractivity contribution is -0.0587. The summed E-state index contributed by atoms with van der Waals surface area (Å²) >= 11 is 0. The zero-order chi connectivity index (χ0) is 13.3. The van der Waals surface area contributed by atoms with Crippen molar-refractivity contribution in [2.45, 2.75) is 33.0 Å². The number of aryl methyl sites for hydroxylation is 1. The molecule has 3 nitrogen and oxygen atoms in total. The Kier molecular flexibility index (Phi) is 3.66. The molecule has 1 aromatic rings. The minimum Gasteiger partial charge on any atom is -0.372 e. The highest BCUT2D eigenvalue weighted by Gasteiger charge is 2.27. The Morgan fingerprint density at radius 3 is 2.56 bits per heavy atom. The highest BCUT2D eigenvalue weighted by Crippen LogP contribution is 2.17. The molecule has 18 heavy (non-hydrogen) atoms. The first-order chi connectivity index (χ1) is 8.47. The largest absolute Gasteiger partial charge is 0.372 e. The van der Waals surface area contributed by atoms with Crippen LogP contribution in [-0.2, 0) is 4.74 Å². The summed E-state index contributed by atoms with van der Waals surface area (Å²) in [5.74, 6) is -0.712. The van der Waals surface area contributed by atoms with Crippen LogP contribution in [0.5, 0.6) is 0 Å². The molecule has 1 amide bonds. The van der Waals surface area contributed by atoms with E-state index in [9.17, 15) is 9.18 Å². The summed E-state index contributed by atoms with van der Waals surface area (Å²) in [6.07, 6.45) is -0.0175. The second kappa shape index (κ2) is 5.06. The predicted molar refractivity (Wildman–Crippen MR) is 67.0 cm³/mol. The van der Waals surface area contributed by atoms with Crippen LogP contribution in [0.3, 0.4) is 0 Å². The zero-order valence-electron chi connectivity index (χ0n) is 10.9. The number of hydrogen-bond acceptors (Lipinski definition) is 2. The second-order valence-corrected chi connectivity index (χ2v) is 4.95. The van der Waals surface area contributed by atoms with Crippen LogP contribution in [0.4, 0.5) is 4.39 Å². The van der Waals surface area contributed by atoms with Gasteiger partial charge in [0.2, 0.25) is 0 Å². The van der Waals surface area contributed by atoms with E-state index in [2.05, 4.69) is 0 Å². The summed E-state index contributed by atoms with van der Waals surface area (Å²) < 4.78 is 19.3. The molecule has 2 unspecified atom stereocenters. The van der Waals surface area contributed by atoms with Gasteiger partial charge in [0.1, 0.15) is 5.82 Å². The third kappa shape index (κ3) is 2.70. The average molecular weight is 251 g/mol. The van der Waals surface area contributed by atoms with Gasteiger partial charge in [-0.15, -0.1) is 0 Å². The first kappa shape index (κ1) is 13.0. The summed E-state index contributed by atoms with van der Waals surface area (Å²) in [5, 5.41) is 0. The van der Waals surface area contributed by atoms with Crippen LogP contribution in [0.25, 0.3) is 0 Å². The molecule has 98 valence electrons. The van der Waals surface area contributed by atoms with Crippen molar-refractivity contribution in [3.05, 3.63) is 35.1 Å². The summed E-state index contributed by atoms with van der Waals surface area (Å²) in [6, 6.07) is 4.61.